The molecular formula is C19H24N6OS. The molecule has 142 valence electrons. The number of thioether (sulfide) groups is 1. The maximum Gasteiger partial charge on any atom is 0.237 e. The van der Waals surface area contributed by atoms with E-state index in [1.165, 1.54) is 36.6 Å². The van der Waals surface area contributed by atoms with Gasteiger partial charge in [0.2, 0.25) is 16.9 Å². The fraction of sp³-hybridized carbons (Fsp3) is 0.474. The Labute approximate surface area is 162 Å². The van der Waals surface area contributed by atoms with Crippen LogP contribution in [-0.2, 0) is 12.2 Å². The minimum Gasteiger partial charge on any atom is -0.338 e. The molecule has 1 aliphatic rings. The van der Waals surface area contributed by atoms with Gasteiger partial charge in [-0.2, -0.15) is 4.98 Å². The molecule has 0 aliphatic heterocycles. The summed E-state index contributed by atoms with van der Waals surface area (Å²) in [5.74, 6) is 9.21. The normalized spacial score (nSPS) is 15.3. The van der Waals surface area contributed by atoms with Crippen molar-refractivity contribution >= 4 is 11.8 Å². The molecule has 0 amide bonds. The van der Waals surface area contributed by atoms with Crippen molar-refractivity contribution in [2.75, 3.05) is 5.84 Å². The molecule has 2 aromatic heterocycles. The van der Waals surface area contributed by atoms with Crippen LogP contribution in [-0.4, -0.2) is 25.0 Å². The lowest BCUT2D eigenvalue weighted by Gasteiger charge is -2.20. The zero-order valence-corrected chi connectivity index (χ0v) is 16.3. The van der Waals surface area contributed by atoms with Crippen LogP contribution in [0.5, 0.6) is 0 Å². The zero-order valence-electron chi connectivity index (χ0n) is 15.5. The summed E-state index contributed by atoms with van der Waals surface area (Å²) >= 11 is 1.47. The fourth-order valence-corrected chi connectivity index (χ4v) is 4.17. The Balaban J connectivity index is 1.40. The molecule has 0 atom stereocenters. The van der Waals surface area contributed by atoms with Crippen LogP contribution in [0.15, 0.2) is 33.9 Å². The third-order valence-corrected chi connectivity index (χ3v) is 6.00. The molecule has 7 nitrogen and oxygen atoms in total. The van der Waals surface area contributed by atoms with E-state index < -0.39 is 0 Å². The van der Waals surface area contributed by atoms with Crippen molar-refractivity contribution in [1.29, 1.82) is 0 Å². The lowest BCUT2D eigenvalue weighted by atomic mass is 9.89. The molecule has 3 aromatic rings. The third kappa shape index (κ3) is 4.00. The topological polar surface area (TPSA) is 95.7 Å². The summed E-state index contributed by atoms with van der Waals surface area (Å²) in [5, 5.41) is 13.3. The molecular weight excluding hydrogens is 360 g/mol. The third-order valence-electron chi connectivity index (χ3n) is 5.07. The summed E-state index contributed by atoms with van der Waals surface area (Å²) in [6.07, 6.45) is 7.08. The number of hydrogen-bond acceptors (Lipinski definition) is 7. The first-order valence-electron chi connectivity index (χ1n) is 9.49. The number of hydrogen-bond donors (Lipinski definition) is 1. The Morgan fingerprint density at radius 1 is 1.15 bits per heavy atom. The molecule has 0 bridgehead atoms. The largest absolute Gasteiger partial charge is 0.338 e. The molecule has 0 unspecified atom stereocenters. The predicted octanol–water partition coefficient (Wildman–Crippen LogP) is 3.94. The van der Waals surface area contributed by atoms with Crippen molar-refractivity contribution in [2.24, 2.45) is 0 Å². The molecule has 1 fully saturated rings. The highest BCUT2D eigenvalue weighted by molar-refractivity contribution is 7.98. The van der Waals surface area contributed by atoms with E-state index in [0.29, 0.717) is 28.5 Å². The smallest absolute Gasteiger partial charge is 0.237 e. The Hall–Kier alpha value is -2.35. The van der Waals surface area contributed by atoms with Crippen molar-refractivity contribution in [3.05, 3.63) is 41.5 Å². The summed E-state index contributed by atoms with van der Waals surface area (Å²) in [6.45, 7) is 2.13. The minimum absolute atomic E-state index is 0.423. The average Bonchev–Trinajstić information content (AvgIpc) is 3.34. The molecule has 4 rings (SSSR count). The Morgan fingerprint density at radius 2 is 1.93 bits per heavy atom. The standard InChI is InChI=1S/C19H24N6OS/c1-2-13-8-10-14(11-9-13)17-21-16(26-24-17)12-27-19-23-22-18(25(19)20)15-6-4-3-5-7-15/h8-11,15H,2-7,12,20H2,1H3. The number of rotatable bonds is 6. The second kappa shape index (κ2) is 8.12. The molecule has 0 radical (unpaired) electrons. The van der Waals surface area contributed by atoms with E-state index in [9.17, 15) is 0 Å². The van der Waals surface area contributed by atoms with Crippen molar-refractivity contribution in [3.63, 3.8) is 0 Å². The van der Waals surface area contributed by atoms with Gasteiger partial charge in [-0.25, -0.2) is 4.68 Å². The number of nitrogens with two attached hydrogens (primary N) is 1. The zero-order chi connectivity index (χ0) is 18.6. The van der Waals surface area contributed by atoms with Gasteiger partial charge in [0.05, 0.1) is 5.75 Å². The number of aromatic nitrogens is 5. The van der Waals surface area contributed by atoms with Crippen molar-refractivity contribution in [1.82, 2.24) is 25.0 Å². The molecule has 1 aliphatic carbocycles. The summed E-state index contributed by atoms with van der Waals surface area (Å²) in [5.41, 5.74) is 2.24. The van der Waals surface area contributed by atoms with Gasteiger partial charge in [0.25, 0.3) is 0 Å². The average molecular weight is 385 g/mol. The molecule has 2 heterocycles. The number of nitrogen functional groups attached to an aromatic ring is 1. The van der Waals surface area contributed by atoms with Gasteiger partial charge in [-0.05, 0) is 24.8 Å². The summed E-state index contributed by atoms with van der Waals surface area (Å²) in [4.78, 5) is 4.48. The van der Waals surface area contributed by atoms with Crippen molar-refractivity contribution in [2.45, 2.75) is 62.3 Å². The van der Waals surface area contributed by atoms with Crippen LogP contribution in [0.25, 0.3) is 11.4 Å². The van der Waals surface area contributed by atoms with E-state index >= 15 is 0 Å². The van der Waals surface area contributed by atoms with E-state index in [4.69, 9.17) is 10.4 Å². The van der Waals surface area contributed by atoms with E-state index in [1.807, 2.05) is 12.1 Å². The van der Waals surface area contributed by atoms with Gasteiger partial charge in [0, 0.05) is 11.5 Å². The Kier molecular flexibility index (Phi) is 5.42. The molecule has 0 saturated heterocycles. The van der Waals surface area contributed by atoms with Gasteiger partial charge in [-0.15, -0.1) is 10.2 Å². The van der Waals surface area contributed by atoms with Gasteiger partial charge < -0.3 is 10.4 Å². The number of benzene rings is 1. The van der Waals surface area contributed by atoms with Crippen LogP contribution < -0.4 is 5.84 Å². The van der Waals surface area contributed by atoms with Gasteiger partial charge in [-0.1, -0.05) is 67.4 Å². The first kappa shape index (κ1) is 18.0. The Bertz CT molecular complexity index is 882. The minimum atomic E-state index is 0.423. The SMILES string of the molecule is CCc1ccc(-c2noc(CSc3nnc(C4CCCCC4)n3N)n2)cc1. The monoisotopic (exact) mass is 384 g/mol. The fourth-order valence-electron chi connectivity index (χ4n) is 3.47. The predicted molar refractivity (Wildman–Crippen MR) is 105 cm³/mol. The van der Waals surface area contributed by atoms with Gasteiger partial charge in [-0.3, -0.25) is 0 Å². The lowest BCUT2D eigenvalue weighted by molar-refractivity contribution is 0.391. The first-order valence-corrected chi connectivity index (χ1v) is 10.5. The molecule has 1 saturated carbocycles. The highest BCUT2D eigenvalue weighted by Crippen LogP contribution is 2.32. The van der Waals surface area contributed by atoms with E-state index in [2.05, 4.69) is 39.4 Å². The van der Waals surface area contributed by atoms with Crippen molar-refractivity contribution < 1.29 is 4.52 Å². The molecule has 2 N–H and O–H groups in total. The van der Waals surface area contributed by atoms with Crippen LogP contribution in [0, 0.1) is 0 Å². The van der Waals surface area contributed by atoms with Crippen LogP contribution in [0.1, 0.15) is 62.2 Å². The van der Waals surface area contributed by atoms with Crippen molar-refractivity contribution in [3.8, 4) is 11.4 Å². The van der Waals surface area contributed by atoms with Gasteiger partial charge >= 0.3 is 0 Å². The summed E-state index contributed by atoms with van der Waals surface area (Å²) in [6, 6.07) is 8.22. The van der Waals surface area contributed by atoms with Gasteiger partial charge in [0.1, 0.15) is 0 Å². The quantitative estimate of drug-likeness (QED) is 0.508. The maximum atomic E-state index is 6.23. The van der Waals surface area contributed by atoms with E-state index in [1.54, 1.807) is 4.68 Å². The van der Waals surface area contributed by atoms with Crippen LogP contribution in [0.4, 0.5) is 0 Å². The molecule has 0 spiro atoms. The lowest BCUT2D eigenvalue weighted by Crippen LogP contribution is -2.18. The van der Waals surface area contributed by atoms with Gasteiger partial charge in [0.15, 0.2) is 5.82 Å². The van der Waals surface area contributed by atoms with Crippen LogP contribution in [0.2, 0.25) is 0 Å². The number of nitrogens with zero attached hydrogens (tertiary/aromatic N) is 5. The highest BCUT2D eigenvalue weighted by atomic mass is 32.2. The highest BCUT2D eigenvalue weighted by Gasteiger charge is 2.23. The molecule has 1 aromatic carbocycles. The summed E-state index contributed by atoms with van der Waals surface area (Å²) < 4.78 is 7.01. The first-order chi connectivity index (χ1) is 13.2. The maximum absolute atomic E-state index is 6.23. The second-order valence-electron chi connectivity index (χ2n) is 6.90. The van der Waals surface area contributed by atoms with Crippen LogP contribution >= 0.6 is 11.8 Å². The van der Waals surface area contributed by atoms with E-state index in [0.717, 1.165) is 30.7 Å². The summed E-state index contributed by atoms with van der Waals surface area (Å²) in [7, 11) is 0. The second-order valence-corrected chi connectivity index (χ2v) is 7.84. The van der Waals surface area contributed by atoms with Crippen LogP contribution in [0.3, 0.4) is 0 Å². The number of aryl methyl sites for hydroxylation is 1. The Morgan fingerprint density at radius 3 is 2.67 bits per heavy atom. The molecule has 8 heteroatoms. The van der Waals surface area contributed by atoms with E-state index in [-0.39, 0.29) is 0 Å². The molecule has 27 heavy (non-hydrogen) atoms.